The van der Waals surface area contributed by atoms with Gasteiger partial charge >= 0.3 is 0 Å². The minimum atomic E-state index is -0.427. The lowest BCUT2D eigenvalue weighted by Gasteiger charge is -2.12. The van der Waals surface area contributed by atoms with Crippen LogP contribution >= 0.6 is 0 Å². The highest BCUT2D eigenvalue weighted by Gasteiger charge is 2.19. The lowest BCUT2D eigenvalue weighted by atomic mass is 10.1. The van der Waals surface area contributed by atoms with Gasteiger partial charge < -0.3 is 5.11 Å². The van der Waals surface area contributed by atoms with E-state index in [4.69, 9.17) is 0 Å². The zero-order valence-corrected chi connectivity index (χ0v) is 15.7. The number of rotatable bonds is 6. The summed E-state index contributed by atoms with van der Waals surface area (Å²) in [6.07, 6.45) is 2.66. The molecule has 2 rings (SSSR count). The van der Waals surface area contributed by atoms with E-state index in [0.717, 1.165) is 30.4 Å². The van der Waals surface area contributed by atoms with Gasteiger partial charge in [0.05, 0.1) is 5.69 Å². The zero-order chi connectivity index (χ0) is 19.3. The predicted molar refractivity (Wildman–Crippen MR) is 101 cm³/mol. The zero-order valence-electron chi connectivity index (χ0n) is 15.7. The van der Waals surface area contributed by atoms with Crippen LogP contribution in [0.2, 0.25) is 0 Å². The third-order valence-electron chi connectivity index (χ3n) is 4.38. The number of hydrogen-bond donors (Lipinski definition) is 1. The van der Waals surface area contributed by atoms with Gasteiger partial charge in [-0.3, -0.25) is 9.36 Å². The summed E-state index contributed by atoms with van der Waals surface area (Å²) in [7, 11) is 0. The van der Waals surface area contributed by atoms with E-state index in [1.165, 1.54) is 4.57 Å². The van der Waals surface area contributed by atoms with Gasteiger partial charge in [0.1, 0.15) is 11.6 Å². The Balaban J connectivity index is 2.55. The van der Waals surface area contributed by atoms with Gasteiger partial charge in [-0.05, 0) is 44.4 Å². The van der Waals surface area contributed by atoms with Gasteiger partial charge in [-0.25, -0.2) is 0 Å². The summed E-state index contributed by atoms with van der Waals surface area (Å²) in [5, 5.41) is 28.1. The number of nitriles is 1. The number of hydrogen-bond acceptors (Lipinski definition) is 5. The fourth-order valence-electron chi connectivity index (χ4n) is 2.72. The van der Waals surface area contributed by atoms with Crippen LogP contribution in [0, 0.1) is 32.1 Å². The molecule has 0 atom stereocenters. The second-order valence-electron chi connectivity index (χ2n) is 6.44. The fourth-order valence-corrected chi connectivity index (χ4v) is 2.72. The maximum atomic E-state index is 12.8. The maximum absolute atomic E-state index is 12.8. The number of pyridine rings is 1. The Hall–Kier alpha value is -2.94. The molecule has 0 saturated carbocycles. The number of unbranched alkanes of at least 4 members (excludes halogenated alkanes) is 2. The van der Waals surface area contributed by atoms with Crippen molar-refractivity contribution in [2.45, 2.75) is 53.5 Å². The molecule has 0 amide bonds. The molecular formula is C20H24N4O2. The first-order valence-electron chi connectivity index (χ1n) is 8.76. The van der Waals surface area contributed by atoms with Crippen molar-refractivity contribution in [3.05, 3.63) is 50.8 Å². The minimum absolute atomic E-state index is 0.0658. The monoisotopic (exact) mass is 352 g/mol. The Kier molecular flexibility index (Phi) is 6.29. The molecule has 0 radical (unpaired) electrons. The molecule has 136 valence electrons. The fraction of sp³-hybridized carbons (Fsp3) is 0.400. The molecular weight excluding hydrogens is 328 g/mol. The molecule has 26 heavy (non-hydrogen) atoms. The van der Waals surface area contributed by atoms with Crippen LogP contribution in [-0.2, 0) is 6.54 Å². The van der Waals surface area contributed by atoms with Gasteiger partial charge in [0, 0.05) is 12.1 Å². The second kappa shape index (κ2) is 8.43. The molecule has 6 nitrogen and oxygen atoms in total. The van der Waals surface area contributed by atoms with Crippen molar-refractivity contribution in [2.24, 2.45) is 10.2 Å². The Morgan fingerprint density at radius 1 is 1.19 bits per heavy atom. The lowest BCUT2D eigenvalue weighted by Crippen LogP contribution is -2.22. The van der Waals surface area contributed by atoms with Crippen LogP contribution < -0.4 is 5.56 Å². The van der Waals surface area contributed by atoms with Gasteiger partial charge in [-0.15, -0.1) is 5.11 Å². The molecule has 0 saturated heterocycles. The highest BCUT2D eigenvalue weighted by molar-refractivity contribution is 5.57. The van der Waals surface area contributed by atoms with E-state index in [1.807, 2.05) is 38.1 Å². The third-order valence-corrected chi connectivity index (χ3v) is 4.38. The molecule has 1 heterocycles. The maximum Gasteiger partial charge on any atom is 0.281 e. The normalized spacial score (nSPS) is 11.0. The van der Waals surface area contributed by atoms with Crippen LogP contribution in [0.1, 0.15) is 48.4 Å². The van der Waals surface area contributed by atoms with E-state index in [0.29, 0.717) is 17.8 Å². The average Bonchev–Trinajstić information content (AvgIpc) is 2.61. The van der Waals surface area contributed by atoms with E-state index in [9.17, 15) is 15.2 Å². The number of aromatic nitrogens is 1. The van der Waals surface area contributed by atoms with Crippen LogP contribution in [0.3, 0.4) is 0 Å². The molecule has 2 aromatic rings. The summed E-state index contributed by atoms with van der Waals surface area (Å²) in [5.74, 6) is -0.295. The summed E-state index contributed by atoms with van der Waals surface area (Å²) in [4.78, 5) is 12.8. The van der Waals surface area contributed by atoms with E-state index in [2.05, 4.69) is 17.2 Å². The average molecular weight is 352 g/mol. The topological polar surface area (TPSA) is 90.7 Å². The molecule has 0 spiro atoms. The molecule has 0 aliphatic carbocycles. The summed E-state index contributed by atoms with van der Waals surface area (Å²) < 4.78 is 1.22. The van der Waals surface area contributed by atoms with Crippen LogP contribution in [0.15, 0.2) is 33.2 Å². The van der Waals surface area contributed by atoms with Gasteiger partial charge in [-0.2, -0.15) is 10.4 Å². The molecule has 6 heteroatoms. The molecule has 0 unspecified atom stereocenters. The molecule has 0 aliphatic rings. The molecule has 0 fully saturated rings. The van der Waals surface area contributed by atoms with Crippen molar-refractivity contribution < 1.29 is 5.11 Å². The van der Waals surface area contributed by atoms with Gasteiger partial charge in [0.2, 0.25) is 5.88 Å². The van der Waals surface area contributed by atoms with Crippen molar-refractivity contribution in [1.29, 1.82) is 5.26 Å². The molecule has 1 aromatic heterocycles. The Labute approximate surface area is 153 Å². The van der Waals surface area contributed by atoms with Crippen molar-refractivity contribution in [1.82, 2.24) is 4.57 Å². The molecule has 0 aliphatic heterocycles. The first-order valence-corrected chi connectivity index (χ1v) is 8.76. The summed E-state index contributed by atoms with van der Waals surface area (Å²) in [6, 6.07) is 7.78. The largest absolute Gasteiger partial charge is 0.493 e. The summed E-state index contributed by atoms with van der Waals surface area (Å²) >= 11 is 0. The SMILES string of the molecule is CCCCCn1c(O)c(C#N)c(C)c(N=Nc2cc(C)ccc2C)c1=O. The van der Waals surface area contributed by atoms with Crippen LogP contribution in [0.5, 0.6) is 5.88 Å². The number of azo groups is 1. The summed E-state index contributed by atoms with van der Waals surface area (Å²) in [6.45, 7) is 7.88. The minimum Gasteiger partial charge on any atom is -0.493 e. The van der Waals surface area contributed by atoms with E-state index in [1.54, 1.807) is 6.92 Å². The highest BCUT2D eigenvalue weighted by atomic mass is 16.3. The number of nitrogens with zero attached hydrogens (tertiary/aromatic N) is 4. The van der Waals surface area contributed by atoms with Crippen molar-refractivity contribution in [3.63, 3.8) is 0 Å². The Bertz CT molecular complexity index is 936. The van der Waals surface area contributed by atoms with Gasteiger partial charge in [0.15, 0.2) is 5.69 Å². The number of aryl methyl sites for hydroxylation is 2. The number of aromatic hydroxyl groups is 1. The Morgan fingerprint density at radius 2 is 1.92 bits per heavy atom. The summed E-state index contributed by atoms with van der Waals surface area (Å²) in [5.41, 5.74) is 2.74. The lowest BCUT2D eigenvalue weighted by molar-refractivity contribution is 0.398. The number of benzene rings is 1. The van der Waals surface area contributed by atoms with E-state index >= 15 is 0 Å². The van der Waals surface area contributed by atoms with Crippen LogP contribution in [0.25, 0.3) is 0 Å². The quantitative estimate of drug-likeness (QED) is 0.588. The van der Waals surface area contributed by atoms with Crippen LogP contribution in [0.4, 0.5) is 11.4 Å². The first kappa shape index (κ1) is 19.4. The van der Waals surface area contributed by atoms with E-state index < -0.39 is 5.56 Å². The second-order valence-corrected chi connectivity index (χ2v) is 6.44. The van der Waals surface area contributed by atoms with Gasteiger partial charge in [0.25, 0.3) is 5.56 Å². The third kappa shape index (κ3) is 3.99. The van der Waals surface area contributed by atoms with Crippen molar-refractivity contribution in [2.75, 3.05) is 0 Å². The Morgan fingerprint density at radius 3 is 2.58 bits per heavy atom. The molecule has 1 aromatic carbocycles. The van der Waals surface area contributed by atoms with E-state index in [-0.39, 0.29) is 17.1 Å². The highest BCUT2D eigenvalue weighted by Crippen LogP contribution is 2.28. The first-order chi connectivity index (χ1) is 12.4. The molecule has 1 N–H and O–H groups in total. The van der Waals surface area contributed by atoms with Crippen molar-refractivity contribution in [3.8, 4) is 11.9 Å². The smallest absolute Gasteiger partial charge is 0.281 e. The predicted octanol–water partition coefficient (Wildman–Crippen LogP) is 4.96. The van der Waals surface area contributed by atoms with Crippen molar-refractivity contribution >= 4 is 11.4 Å². The van der Waals surface area contributed by atoms with Gasteiger partial charge in [-0.1, -0.05) is 31.9 Å². The standard InChI is InChI=1S/C20H24N4O2/c1-5-6-7-10-24-19(25)16(12-21)15(4)18(20(24)26)23-22-17-11-13(2)8-9-14(17)3/h8-9,11,25H,5-7,10H2,1-4H3. The molecule has 0 bridgehead atoms. The van der Waals surface area contributed by atoms with Crippen LogP contribution in [-0.4, -0.2) is 9.67 Å².